The summed E-state index contributed by atoms with van der Waals surface area (Å²) < 4.78 is 48.4. The minimum atomic E-state index is -0.820. The summed E-state index contributed by atoms with van der Waals surface area (Å²) in [7, 11) is 1.52. The topological polar surface area (TPSA) is 185 Å². The third kappa shape index (κ3) is 9.59. The number of fused-ring (bicyclic) bond motifs is 1. The molecule has 0 aliphatic carbocycles. The van der Waals surface area contributed by atoms with Gasteiger partial charge < -0.3 is 42.6 Å². The van der Waals surface area contributed by atoms with E-state index in [1.165, 1.54) is 79.9 Å². The predicted molar refractivity (Wildman–Crippen MR) is 187 cm³/mol. The van der Waals surface area contributed by atoms with Crippen molar-refractivity contribution >= 4 is 35.8 Å². The number of benzene rings is 4. The standard InChI is InChI=1S/C40H32O15/c1-3-33(41)48-22-34(42)51-28-14-6-24(7-15-28)38(44)53-30-18-10-26(11-19-30)40(46)55-32-21-50-35-31(20-49-36(32)35)54-39(45)25-8-16-29(17-9-25)52-37(43)23-4-12-27(47-2)13-5-23/h3-19,31-32,35-36H,1,20-22H2,2H3. The van der Waals surface area contributed by atoms with Gasteiger partial charge in [0, 0.05) is 6.08 Å². The van der Waals surface area contributed by atoms with Gasteiger partial charge in [0.1, 0.15) is 35.2 Å². The number of esters is 6. The van der Waals surface area contributed by atoms with Gasteiger partial charge in [0.25, 0.3) is 0 Å². The van der Waals surface area contributed by atoms with Crippen LogP contribution >= 0.6 is 0 Å². The largest absolute Gasteiger partial charge is 0.497 e. The quantitative estimate of drug-likeness (QED) is 0.0813. The van der Waals surface area contributed by atoms with Gasteiger partial charge in [-0.25, -0.2) is 28.8 Å². The van der Waals surface area contributed by atoms with Gasteiger partial charge in [0.05, 0.1) is 42.6 Å². The summed E-state index contributed by atoms with van der Waals surface area (Å²) in [5.74, 6) is -3.08. The van der Waals surface area contributed by atoms with E-state index in [2.05, 4.69) is 11.3 Å². The Bertz CT molecular complexity index is 2060. The summed E-state index contributed by atoms with van der Waals surface area (Å²) in [6.07, 6.45) is -1.97. The molecule has 4 aromatic carbocycles. The molecule has 2 heterocycles. The molecule has 4 aromatic rings. The fourth-order valence-electron chi connectivity index (χ4n) is 5.43. The highest BCUT2D eigenvalue weighted by Crippen LogP contribution is 2.32. The van der Waals surface area contributed by atoms with Crippen molar-refractivity contribution < 1.29 is 71.4 Å². The number of carbonyl (C=O) groups excluding carboxylic acids is 6. The maximum Gasteiger partial charge on any atom is 0.349 e. The molecule has 0 bridgehead atoms. The predicted octanol–water partition coefficient (Wildman–Crippen LogP) is 4.32. The number of ether oxygens (including phenoxy) is 9. The Morgan fingerprint density at radius 1 is 0.564 bits per heavy atom. The van der Waals surface area contributed by atoms with Gasteiger partial charge in [-0.3, -0.25) is 0 Å². The van der Waals surface area contributed by atoms with Gasteiger partial charge in [-0.1, -0.05) is 6.58 Å². The molecule has 0 spiro atoms. The van der Waals surface area contributed by atoms with Crippen molar-refractivity contribution in [2.75, 3.05) is 26.9 Å². The molecule has 2 aliphatic rings. The second-order valence-electron chi connectivity index (χ2n) is 11.8. The highest BCUT2D eigenvalue weighted by Gasteiger charge is 2.51. The summed E-state index contributed by atoms with van der Waals surface area (Å²) in [5.41, 5.74) is 0.869. The lowest BCUT2D eigenvalue weighted by Crippen LogP contribution is -2.36. The zero-order valence-corrected chi connectivity index (χ0v) is 29.1. The van der Waals surface area contributed by atoms with Crippen LogP contribution in [-0.4, -0.2) is 87.2 Å². The highest BCUT2D eigenvalue weighted by molar-refractivity contribution is 5.93. The van der Waals surface area contributed by atoms with Gasteiger partial charge in [-0.15, -0.1) is 0 Å². The molecule has 0 amide bonds. The van der Waals surface area contributed by atoms with Gasteiger partial charge in [-0.2, -0.15) is 0 Å². The van der Waals surface area contributed by atoms with Crippen LogP contribution in [0.3, 0.4) is 0 Å². The average molecular weight is 753 g/mol. The zero-order valence-electron chi connectivity index (χ0n) is 29.1. The van der Waals surface area contributed by atoms with E-state index in [1.54, 1.807) is 24.3 Å². The number of rotatable bonds is 13. The molecular weight excluding hydrogens is 720 g/mol. The van der Waals surface area contributed by atoms with E-state index in [9.17, 15) is 28.8 Å². The van der Waals surface area contributed by atoms with E-state index in [0.717, 1.165) is 6.08 Å². The van der Waals surface area contributed by atoms with E-state index < -0.39 is 66.8 Å². The summed E-state index contributed by atoms with van der Waals surface area (Å²) in [6.45, 7) is 2.66. The maximum atomic E-state index is 13.0. The monoisotopic (exact) mass is 752 g/mol. The summed E-state index contributed by atoms with van der Waals surface area (Å²) in [5, 5.41) is 0. The van der Waals surface area contributed by atoms with Crippen LogP contribution in [0.2, 0.25) is 0 Å². The van der Waals surface area contributed by atoms with Crippen molar-refractivity contribution in [1.82, 2.24) is 0 Å². The molecular formula is C40H32O15. The molecule has 0 N–H and O–H groups in total. The molecule has 2 fully saturated rings. The lowest BCUT2D eigenvalue weighted by atomic mass is 10.1. The molecule has 15 nitrogen and oxygen atoms in total. The fraction of sp³-hybridized carbons (Fsp3) is 0.200. The van der Waals surface area contributed by atoms with Crippen LogP contribution in [0.25, 0.3) is 0 Å². The molecule has 0 saturated carbocycles. The molecule has 6 rings (SSSR count). The van der Waals surface area contributed by atoms with Crippen LogP contribution < -0.4 is 18.9 Å². The van der Waals surface area contributed by atoms with Gasteiger partial charge >= 0.3 is 35.8 Å². The van der Waals surface area contributed by atoms with Crippen LogP contribution in [-0.2, 0) is 33.3 Å². The van der Waals surface area contributed by atoms with Crippen molar-refractivity contribution in [3.8, 4) is 23.0 Å². The summed E-state index contributed by atoms with van der Waals surface area (Å²) >= 11 is 0. The molecule has 55 heavy (non-hydrogen) atoms. The molecule has 15 heteroatoms. The first-order valence-electron chi connectivity index (χ1n) is 16.6. The fourth-order valence-corrected chi connectivity index (χ4v) is 5.43. The van der Waals surface area contributed by atoms with E-state index in [-0.39, 0.29) is 47.2 Å². The highest BCUT2D eigenvalue weighted by atomic mass is 16.7. The van der Waals surface area contributed by atoms with Crippen molar-refractivity contribution in [2.24, 2.45) is 0 Å². The Balaban J connectivity index is 0.945. The molecule has 4 unspecified atom stereocenters. The lowest BCUT2D eigenvalue weighted by Gasteiger charge is -2.17. The van der Waals surface area contributed by atoms with Crippen molar-refractivity contribution in [3.63, 3.8) is 0 Å². The molecule has 4 atom stereocenters. The third-order valence-corrected chi connectivity index (χ3v) is 8.23. The van der Waals surface area contributed by atoms with E-state index >= 15 is 0 Å². The minimum absolute atomic E-state index is 0.0137. The van der Waals surface area contributed by atoms with Gasteiger partial charge in [0.2, 0.25) is 0 Å². The first-order chi connectivity index (χ1) is 26.6. The molecule has 0 radical (unpaired) electrons. The van der Waals surface area contributed by atoms with Crippen LogP contribution in [0, 0.1) is 0 Å². The SMILES string of the molecule is C=CC(=O)OCC(=O)Oc1ccc(C(=O)Oc2ccc(C(=O)OC3COC4C(OC(=O)c5ccc(OC(=O)c6ccc(OC)cc6)cc5)COC34)cc2)cc1. The maximum absolute atomic E-state index is 13.0. The van der Waals surface area contributed by atoms with Crippen LogP contribution in [0.15, 0.2) is 110 Å². The van der Waals surface area contributed by atoms with E-state index in [4.69, 9.17) is 37.9 Å². The molecule has 2 aliphatic heterocycles. The zero-order chi connectivity index (χ0) is 38.9. The molecule has 2 saturated heterocycles. The number of methoxy groups -OCH3 is 1. The van der Waals surface area contributed by atoms with E-state index in [0.29, 0.717) is 11.3 Å². The number of carbonyl (C=O) groups is 6. The molecule has 0 aromatic heterocycles. The Labute approximate surface area is 313 Å². The third-order valence-electron chi connectivity index (χ3n) is 8.23. The van der Waals surface area contributed by atoms with Crippen molar-refractivity contribution in [2.45, 2.75) is 24.4 Å². The Morgan fingerprint density at radius 2 is 0.927 bits per heavy atom. The van der Waals surface area contributed by atoms with E-state index in [1.807, 2.05) is 0 Å². The first kappa shape index (κ1) is 37.9. The van der Waals surface area contributed by atoms with Gasteiger partial charge in [0.15, 0.2) is 18.8 Å². The van der Waals surface area contributed by atoms with Crippen LogP contribution in [0.4, 0.5) is 0 Å². The van der Waals surface area contributed by atoms with Crippen molar-refractivity contribution in [1.29, 1.82) is 0 Å². The van der Waals surface area contributed by atoms with Gasteiger partial charge in [-0.05, 0) is 97.1 Å². The number of hydrogen-bond donors (Lipinski definition) is 0. The molecule has 282 valence electrons. The lowest BCUT2D eigenvalue weighted by molar-refractivity contribution is -0.150. The second-order valence-corrected chi connectivity index (χ2v) is 11.8. The Kier molecular flexibility index (Phi) is 11.9. The number of hydrogen-bond acceptors (Lipinski definition) is 15. The first-order valence-corrected chi connectivity index (χ1v) is 16.6. The second kappa shape index (κ2) is 17.3. The normalized spacial score (nSPS) is 18.2. The Morgan fingerprint density at radius 3 is 1.31 bits per heavy atom. The summed E-state index contributed by atoms with van der Waals surface area (Å²) in [4.78, 5) is 73.8. The smallest absolute Gasteiger partial charge is 0.349 e. The Hall–Kier alpha value is -6.84. The van der Waals surface area contributed by atoms with Crippen molar-refractivity contribution in [3.05, 3.63) is 132 Å². The minimum Gasteiger partial charge on any atom is -0.497 e. The average Bonchev–Trinajstić information content (AvgIpc) is 3.80. The summed E-state index contributed by atoms with van der Waals surface area (Å²) in [6, 6.07) is 23.5. The van der Waals surface area contributed by atoms with Crippen LogP contribution in [0.1, 0.15) is 41.4 Å². The van der Waals surface area contributed by atoms with Crippen LogP contribution in [0.5, 0.6) is 23.0 Å².